The molecule has 1 aromatic rings. The number of hydrogen-bond donors (Lipinski definition) is 2. The zero-order chi connectivity index (χ0) is 15.6. The predicted molar refractivity (Wildman–Crippen MR) is 78.4 cm³/mol. The summed E-state index contributed by atoms with van der Waals surface area (Å²) in [5.41, 5.74) is 0.389. The molecule has 114 valence electrons. The molecular formula is C14H16BrFN2O3. The van der Waals surface area contributed by atoms with E-state index in [1.54, 1.807) is 19.1 Å². The highest BCUT2D eigenvalue weighted by atomic mass is 79.9. The van der Waals surface area contributed by atoms with E-state index in [1.807, 2.05) is 0 Å². The average Bonchev–Trinajstić information content (AvgIpc) is 2.88. The Kier molecular flexibility index (Phi) is 4.82. The summed E-state index contributed by atoms with van der Waals surface area (Å²) in [6.07, 6.45) is 0.448. The molecule has 1 aliphatic heterocycles. The van der Waals surface area contributed by atoms with E-state index in [0.29, 0.717) is 23.0 Å². The van der Waals surface area contributed by atoms with Crippen LogP contribution in [0.2, 0.25) is 0 Å². The van der Waals surface area contributed by atoms with E-state index < -0.39 is 23.7 Å². The van der Waals surface area contributed by atoms with Gasteiger partial charge in [0.15, 0.2) is 0 Å². The molecule has 2 atom stereocenters. The summed E-state index contributed by atoms with van der Waals surface area (Å²) in [5.74, 6) is -1.81. The Morgan fingerprint density at radius 2 is 2.24 bits per heavy atom. The normalized spacial score (nSPS) is 19.4. The number of nitrogens with one attached hydrogen (secondary N) is 1. The summed E-state index contributed by atoms with van der Waals surface area (Å²) < 4.78 is 14.5. The number of carboxylic acids is 1. The van der Waals surface area contributed by atoms with E-state index >= 15 is 0 Å². The average molecular weight is 359 g/mol. The van der Waals surface area contributed by atoms with Gasteiger partial charge in [-0.15, -0.1) is 0 Å². The van der Waals surface area contributed by atoms with Crippen LogP contribution in [0.4, 0.5) is 9.18 Å². The number of carboxylic acid groups (broad SMARTS) is 1. The monoisotopic (exact) mass is 358 g/mol. The summed E-state index contributed by atoms with van der Waals surface area (Å²) in [6.45, 7) is 2.28. The van der Waals surface area contributed by atoms with Crippen LogP contribution in [-0.4, -0.2) is 35.1 Å². The van der Waals surface area contributed by atoms with E-state index in [0.717, 1.165) is 0 Å². The lowest BCUT2D eigenvalue weighted by Gasteiger charge is -2.21. The molecule has 1 unspecified atom stereocenters. The van der Waals surface area contributed by atoms with Crippen LogP contribution >= 0.6 is 15.9 Å². The Balaban J connectivity index is 1.98. The van der Waals surface area contributed by atoms with Gasteiger partial charge in [-0.1, -0.05) is 22.0 Å². The van der Waals surface area contributed by atoms with Crippen LogP contribution in [-0.2, 0) is 4.79 Å². The van der Waals surface area contributed by atoms with E-state index in [2.05, 4.69) is 21.2 Å². The van der Waals surface area contributed by atoms with E-state index in [-0.39, 0.29) is 12.6 Å². The fourth-order valence-electron chi connectivity index (χ4n) is 2.35. The number of halogens is 2. The molecule has 1 aromatic carbocycles. The summed E-state index contributed by atoms with van der Waals surface area (Å²) in [7, 11) is 0. The van der Waals surface area contributed by atoms with Crippen molar-refractivity contribution in [2.45, 2.75) is 19.4 Å². The number of aliphatic carboxylic acids is 1. The molecule has 1 fully saturated rings. The Labute approximate surface area is 130 Å². The van der Waals surface area contributed by atoms with Gasteiger partial charge < -0.3 is 15.3 Å². The fraction of sp³-hybridized carbons (Fsp3) is 0.429. The van der Waals surface area contributed by atoms with Crippen molar-refractivity contribution >= 4 is 27.9 Å². The first-order valence-electron chi connectivity index (χ1n) is 6.61. The number of hydrogen-bond acceptors (Lipinski definition) is 2. The zero-order valence-corrected chi connectivity index (χ0v) is 13.1. The van der Waals surface area contributed by atoms with Gasteiger partial charge in [-0.3, -0.25) is 4.79 Å². The minimum absolute atomic E-state index is 0.191. The van der Waals surface area contributed by atoms with E-state index in [1.165, 1.54) is 11.0 Å². The van der Waals surface area contributed by atoms with Crippen LogP contribution < -0.4 is 5.32 Å². The topological polar surface area (TPSA) is 69.6 Å². The first-order valence-corrected chi connectivity index (χ1v) is 7.41. The third-order valence-corrected chi connectivity index (χ3v) is 4.09. The molecule has 7 heteroatoms. The first kappa shape index (κ1) is 15.8. The van der Waals surface area contributed by atoms with Crippen LogP contribution in [0.15, 0.2) is 22.7 Å². The van der Waals surface area contributed by atoms with Crippen molar-refractivity contribution in [3.63, 3.8) is 0 Å². The Morgan fingerprint density at radius 3 is 2.81 bits per heavy atom. The molecule has 1 heterocycles. The number of nitrogens with zero attached hydrogens (tertiary/aromatic N) is 1. The van der Waals surface area contributed by atoms with Crippen LogP contribution in [0.3, 0.4) is 0 Å². The second-order valence-electron chi connectivity index (χ2n) is 5.11. The van der Waals surface area contributed by atoms with Crippen molar-refractivity contribution < 1.29 is 19.1 Å². The zero-order valence-electron chi connectivity index (χ0n) is 11.5. The smallest absolute Gasteiger partial charge is 0.317 e. The Morgan fingerprint density at radius 1 is 1.52 bits per heavy atom. The molecule has 0 aliphatic carbocycles. The lowest BCUT2D eigenvalue weighted by Crippen LogP contribution is -2.40. The summed E-state index contributed by atoms with van der Waals surface area (Å²) >= 11 is 3.18. The van der Waals surface area contributed by atoms with Crippen molar-refractivity contribution in [3.05, 3.63) is 34.1 Å². The van der Waals surface area contributed by atoms with E-state index in [9.17, 15) is 14.0 Å². The van der Waals surface area contributed by atoms with Gasteiger partial charge in [-0.05, 0) is 25.5 Å². The molecule has 0 aromatic heterocycles. The maximum Gasteiger partial charge on any atom is 0.317 e. The van der Waals surface area contributed by atoms with Crippen LogP contribution in [0, 0.1) is 11.7 Å². The molecule has 5 nitrogen and oxygen atoms in total. The lowest BCUT2D eigenvalue weighted by molar-refractivity contribution is -0.141. The number of benzene rings is 1. The standard InChI is InChI=1S/C14H16BrFN2O3/c1-8(11-3-2-10(15)6-12(11)16)17-14(21)18-5-4-9(7-18)13(19)20/h2-3,6,8-9H,4-5,7H2,1H3,(H,17,21)(H,19,20)/t8-,9?/m0/s1. The highest BCUT2D eigenvalue weighted by Gasteiger charge is 2.31. The SMILES string of the molecule is C[C@H](NC(=O)N1CCC(C(=O)O)C1)c1ccc(Br)cc1F. The summed E-state index contributed by atoms with van der Waals surface area (Å²) in [5, 5.41) is 11.6. The molecule has 0 spiro atoms. The number of urea groups is 1. The quantitative estimate of drug-likeness (QED) is 0.872. The molecule has 2 amide bonds. The minimum Gasteiger partial charge on any atom is -0.481 e. The summed E-state index contributed by atoms with van der Waals surface area (Å²) in [4.78, 5) is 24.4. The second kappa shape index (κ2) is 6.43. The van der Waals surface area contributed by atoms with E-state index in [4.69, 9.17) is 5.11 Å². The maximum atomic E-state index is 13.8. The molecule has 0 bridgehead atoms. The molecule has 1 aliphatic rings. The Bertz CT molecular complexity index is 567. The molecule has 1 saturated heterocycles. The van der Waals surface area contributed by atoms with Gasteiger partial charge in [-0.25, -0.2) is 9.18 Å². The third-order valence-electron chi connectivity index (χ3n) is 3.59. The molecule has 2 N–H and O–H groups in total. The predicted octanol–water partition coefficient (Wildman–Crippen LogP) is 2.77. The second-order valence-corrected chi connectivity index (χ2v) is 6.02. The van der Waals surface area contributed by atoms with Crippen LogP contribution in [0.25, 0.3) is 0 Å². The molecule has 0 saturated carbocycles. The highest BCUT2D eigenvalue weighted by molar-refractivity contribution is 9.10. The van der Waals surface area contributed by atoms with Gasteiger partial charge in [0.1, 0.15) is 5.82 Å². The number of amides is 2. The highest BCUT2D eigenvalue weighted by Crippen LogP contribution is 2.22. The number of carbonyl (C=O) groups is 2. The number of rotatable bonds is 3. The number of likely N-dealkylation sites (tertiary alicyclic amines) is 1. The van der Waals surface area contributed by atoms with Crippen LogP contribution in [0.1, 0.15) is 24.9 Å². The van der Waals surface area contributed by atoms with Gasteiger partial charge in [-0.2, -0.15) is 0 Å². The van der Waals surface area contributed by atoms with Gasteiger partial charge in [0.2, 0.25) is 0 Å². The molecule has 2 rings (SSSR count). The molecule has 21 heavy (non-hydrogen) atoms. The largest absolute Gasteiger partial charge is 0.481 e. The van der Waals surface area contributed by atoms with Crippen molar-refractivity contribution in [3.8, 4) is 0 Å². The van der Waals surface area contributed by atoms with Crippen LogP contribution in [0.5, 0.6) is 0 Å². The minimum atomic E-state index is -0.891. The van der Waals surface area contributed by atoms with Crippen molar-refractivity contribution in [1.82, 2.24) is 10.2 Å². The maximum absolute atomic E-state index is 13.8. The number of carbonyl (C=O) groups excluding carboxylic acids is 1. The van der Waals surface area contributed by atoms with Crippen molar-refractivity contribution in [1.29, 1.82) is 0 Å². The van der Waals surface area contributed by atoms with Gasteiger partial charge in [0.25, 0.3) is 0 Å². The van der Waals surface area contributed by atoms with Gasteiger partial charge >= 0.3 is 12.0 Å². The first-order chi connectivity index (χ1) is 9.88. The fourth-order valence-corrected chi connectivity index (χ4v) is 2.69. The molecular weight excluding hydrogens is 343 g/mol. The Hall–Kier alpha value is -1.63. The van der Waals surface area contributed by atoms with Gasteiger partial charge in [0.05, 0.1) is 12.0 Å². The van der Waals surface area contributed by atoms with Gasteiger partial charge in [0, 0.05) is 23.1 Å². The third kappa shape index (κ3) is 3.72. The summed E-state index contributed by atoms with van der Waals surface area (Å²) in [6, 6.07) is 3.79. The van der Waals surface area contributed by atoms with Crippen molar-refractivity contribution in [2.75, 3.05) is 13.1 Å². The lowest BCUT2D eigenvalue weighted by atomic mass is 10.1. The van der Waals surface area contributed by atoms with Crippen molar-refractivity contribution in [2.24, 2.45) is 5.92 Å². The molecule has 0 radical (unpaired) electrons.